The minimum Gasteiger partial charge on any atom is -0.497 e. The Morgan fingerprint density at radius 1 is 1.39 bits per heavy atom. The van der Waals surface area contributed by atoms with Crippen molar-refractivity contribution in [3.8, 4) is 0 Å². The molecule has 0 N–H and O–H groups in total. The van der Waals surface area contributed by atoms with Crippen molar-refractivity contribution in [2.24, 2.45) is 4.99 Å². The van der Waals surface area contributed by atoms with Gasteiger partial charge in [0.15, 0.2) is 0 Å². The lowest BCUT2D eigenvalue weighted by atomic mass is 10.1. The van der Waals surface area contributed by atoms with Crippen LogP contribution in [0.5, 0.6) is 0 Å². The first-order valence-corrected chi connectivity index (χ1v) is 9.26. The van der Waals surface area contributed by atoms with Gasteiger partial charge in [0, 0.05) is 31.9 Å². The van der Waals surface area contributed by atoms with Crippen LogP contribution in [0.15, 0.2) is 47.3 Å². The van der Waals surface area contributed by atoms with Gasteiger partial charge in [0.05, 0.1) is 25.4 Å². The number of thiophene rings is 1. The molecule has 1 aliphatic rings. The molecular weight excluding hydrogens is 381 g/mol. The summed E-state index contributed by atoms with van der Waals surface area (Å²) in [5.41, 5.74) is 0.825. The van der Waals surface area contributed by atoms with E-state index in [0.29, 0.717) is 17.2 Å². The van der Waals surface area contributed by atoms with Gasteiger partial charge in [-0.25, -0.2) is 14.4 Å². The molecule has 0 aromatic carbocycles. The zero-order valence-corrected chi connectivity index (χ0v) is 16.8. The number of methoxy groups -OCH3 is 1. The minimum atomic E-state index is -0.373. The molecular formula is C19H20FN5O2S. The number of allylic oxidation sites excluding steroid dienone is 4. The van der Waals surface area contributed by atoms with Gasteiger partial charge in [0.1, 0.15) is 33.4 Å². The minimum absolute atomic E-state index is 0.204. The van der Waals surface area contributed by atoms with Gasteiger partial charge in [-0.2, -0.15) is 0 Å². The molecule has 0 unspecified atom stereocenters. The van der Waals surface area contributed by atoms with Gasteiger partial charge in [0.2, 0.25) is 0 Å². The molecule has 9 heteroatoms. The third-order valence-electron chi connectivity index (χ3n) is 3.96. The molecule has 28 heavy (non-hydrogen) atoms. The zero-order chi connectivity index (χ0) is 20.3. The van der Waals surface area contributed by atoms with Crippen LogP contribution in [-0.2, 0) is 11.3 Å². The number of aromatic nitrogens is 2. The molecule has 0 radical (unpaired) electrons. The van der Waals surface area contributed by atoms with Crippen molar-refractivity contribution in [3.05, 3.63) is 52.8 Å². The van der Waals surface area contributed by atoms with Crippen molar-refractivity contribution in [2.45, 2.75) is 13.5 Å². The number of amides is 1. The van der Waals surface area contributed by atoms with Gasteiger partial charge >= 0.3 is 0 Å². The van der Waals surface area contributed by atoms with Crippen molar-refractivity contribution in [2.75, 3.05) is 26.1 Å². The highest BCUT2D eigenvalue weighted by Crippen LogP contribution is 2.36. The summed E-state index contributed by atoms with van der Waals surface area (Å²) in [6.07, 6.45) is 8.96. The molecule has 146 valence electrons. The lowest BCUT2D eigenvalue weighted by molar-refractivity contribution is 0.0896. The summed E-state index contributed by atoms with van der Waals surface area (Å²) in [5.74, 6) is 0.519. The SMILES string of the molecule is COC(/C=C(\C)F)=C/C=C/N1C=NCc2c(sc3ncnc(N(C)C)c23)C1=O. The van der Waals surface area contributed by atoms with Gasteiger partial charge in [-0.15, -0.1) is 11.3 Å². The number of anilines is 1. The van der Waals surface area contributed by atoms with Crippen LogP contribution in [0.3, 0.4) is 0 Å². The van der Waals surface area contributed by atoms with Crippen molar-refractivity contribution in [1.29, 1.82) is 0 Å². The maximum atomic E-state index is 13.0. The van der Waals surface area contributed by atoms with E-state index in [4.69, 9.17) is 4.74 Å². The Morgan fingerprint density at radius 3 is 2.86 bits per heavy atom. The van der Waals surface area contributed by atoms with Crippen LogP contribution in [0.2, 0.25) is 0 Å². The highest BCUT2D eigenvalue weighted by atomic mass is 32.1. The molecule has 1 aliphatic heterocycles. The molecule has 0 fully saturated rings. The lowest BCUT2D eigenvalue weighted by Gasteiger charge is -2.12. The number of rotatable bonds is 5. The normalized spacial score (nSPS) is 15.3. The second kappa shape index (κ2) is 8.30. The number of carbonyl (C=O) groups excluding carboxylic acids is 1. The summed E-state index contributed by atoms with van der Waals surface area (Å²) in [6, 6.07) is 0. The molecule has 3 rings (SSSR count). The largest absolute Gasteiger partial charge is 0.497 e. The first kappa shape index (κ1) is 19.7. The highest BCUT2D eigenvalue weighted by Gasteiger charge is 2.26. The lowest BCUT2D eigenvalue weighted by Crippen LogP contribution is -2.22. The van der Waals surface area contributed by atoms with E-state index in [9.17, 15) is 9.18 Å². The Bertz CT molecular complexity index is 1020. The number of hydrogen-bond donors (Lipinski definition) is 0. The van der Waals surface area contributed by atoms with E-state index in [1.54, 1.807) is 18.4 Å². The molecule has 0 atom stereocenters. The molecule has 0 spiro atoms. The van der Waals surface area contributed by atoms with Crippen molar-refractivity contribution < 1.29 is 13.9 Å². The Morgan fingerprint density at radius 2 is 2.18 bits per heavy atom. The zero-order valence-electron chi connectivity index (χ0n) is 16.0. The Labute approximate surface area is 166 Å². The first-order chi connectivity index (χ1) is 13.4. The van der Waals surface area contributed by atoms with Gasteiger partial charge in [-0.1, -0.05) is 0 Å². The fourth-order valence-electron chi connectivity index (χ4n) is 2.73. The molecule has 0 aliphatic carbocycles. The number of ether oxygens (including phenoxy) is 1. The summed E-state index contributed by atoms with van der Waals surface area (Å²) in [4.78, 5) is 30.7. The molecule has 0 saturated carbocycles. The van der Waals surface area contributed by atoms with E-state index >= 15 is 0 Å². The summed E-state index contributed by atoms with van der Waals surface area (Å²) in [5, 5.41) is 0.856. The first-order valence-electron chi connectivity index (χ1n) is 8.45. The number of fused-ring (bicyclic) bond motifs is 3. The van der Waals surface area contributed by atoms with E-state index in [2.05, 4.69) is 15.0 Å². The molecule has 2 aromatic rings. The second-order valence-electron chi connectivity index (χ2n) is 6.20. The van der Waals surface area contributed by atoms with Crippen LogP contribution in [0, 0.1) is 0 Å². The van der Waals surface area contributed by atoms with Crippen LogP contribution in [0.1, 0.15) is 22.2 Å². The van der Waals surface area contributed by atoms with Crippen molar-refractivity contribution in [3.63, 3.8) is 0 Å². The summed E-state index contributed by atoms with van der Waals surface area (Å²) < 4.78 is 18.1. The molecule has 1 amide bonds. The van der Waals surface area contributed by atoms with Crippen LogP contribution >= 0.6 is 11.3 Å². The molecule has 2 aromatic heterocycles. The van der Waals surface area contributed by atoms with Crippen molar-refractivity contribution >= 4 is 39.6 Å². The molecule has 7 nitrogen and oxygen atoms in total. The number of aliphatic imine (C=N–C) groups is 1. The fraction of sp³-hybridized carbons (Fsp3) is 0.263. The Balaban J connectivity index is 1.97. The number of halogens is 1. The van der Waals surface area contributed by atoms with E-state index in [-0.39, 0.29) is 11.7 Å². The fourth-order valence-corrected chi connectivity index (χ4v) is 3.83. The monoisotopic (exact) mass is 401 g/mol. The predicted octanol–water partition coefficient (Wildman–Crippen LogP) is 3.66. The van der Waals surface area contributed by atoms with Gasteiger partial charge in [0.25, 0.3) is 5.91 Å². The quantitative estimate of drug-likeness (QED) is 0.565. The second-order valence-corrected chi connectivity index (χ2v) is 7.20. The maximum absolute atomic E-state index is 13.0. The Hall–Kier alpha value is -3.07. The maximum Gasteiger partial charge on any atom is 0.273 e. The highest BCUT2D eigenvalue weighted by molar-refractivity contribution is 7.20. The summed E-state index contributed by atoms with van der Waals surface area (Å²) in [6.45, 7) is 1.69. The van der Waals surface area contributed by atoms with Crippen LogP contribution in [0.4, 0.5) is 10.2 Å². The van der Waals surface area contributed by atoms with Gasteiger partial charge in [-0.05, 0) is 19.1 Å². The number of nitrogens with zero attached hydrogens (tertiary/aromatic N) is 5. The third kappa shape index (κ3) is 3.94. The predicted molar refractivity (Wildman–Crippen MR) is 109 cm³/mol. The Kier molecular flexibility index (Phi) is 5.84. The van der Waals surface area contributed by atoms with Crippen LogP contribution < -0.4 is 4.90 Å². The van der Waals surface area contributed by atoms with E-state index < -0.39 is 0 Å². The van der Waals surface area contributed by atoms with E-state index in [0.717, 1.165) is 21.6 Å². The topological polar surface area (TPSA) is 70.9 Å². The van der Waals surface area contributed by atoms with Gasteiger partial charge < -0.3 is 9.64 Å². The summed E-state index contributed by atoms with van der Waals surface area (Å²) in [7, 11) is 5.25. The standard InChI is InChI=1S/C19H20FN5O2S/c1-12(20)8-13(27-4)6-5-7-25-11-21-9-14-15-17(24(2)3)22-10-23-18(15)28-16(14)19(25)26/h5-8,10-11H,9H2,1-4H3/b7-5+,12-8+,13-6+. The smallest absolute Gasteiger partial charge is 0.273 e. The number of carbonyl (C=O) groups is 1. The molecule has 0 bridgehead atoms. The van der Waals surface area contributed by atoms with Crippen molar-refractivity contribution in [1.82, 2.24) is 14.9 Å². The average Bonchev–Trinajstić information content (AvgIpc) is 2.96. The molecule has 3 heterocycles. The summed E-state index contributed by atoms with van der Waals surface area (Å²) >= 11 is 1.33. The average molecular weight is 401 g/mol. The van der Waals surface area contributed by atoms with Gasteiger partial charge in [-0.3, -0.25) is 14.7 Å². The third-order valence-corrected chi connectivity index (χ3v) is 5.09. The van der Waals surface area contributed by atoms with E-state index in [1.165, 1.54) is 49.0 Å². The number of hydrogen-bond acceptors (Lipinski definition) is 7. The van der Waals surface area contributed by atoms with Crippen LogP contribution in [0.25, 0.3) is 10.2 Å². The molecule has 0 saturated heterocycles. The van der Waals surface area contributed by atoms with E-state index in [1.807, 2.05) is 19.0 Å². The van der Waals surface area contributed by atoms with Crippen LogP contribution in [-0.4, -0.2) is 48.3 Å².